The molecule has 2 rings (SSSR count). The summed E-state index contributed by atoms with van der Waals surface area (Å²) in [7, 11) is 0. The van der Waals surface area contributed by atoms with E-state index in [1.165, 1.54) is 5.56 Å². The van der Waals surface area contributed by atoms with Crippen molar-refractivity contribution in [3.63, 3.8) is 0 Å². The van der Waals surface area contributed by atoms with Crippen molar-refractivity contribution in [2.45, 2.75) is 27.2 Å². The highest BCUT2D eigenvalue weighted by Gasteiger charge is 2.19. The number of halogens is 1. The summed E-state index contributed by atoms with van der Waals surface area (Å²) in [4.78, 5) is 0. The fraction of sp³-hybridized carbons (Fsp3) is 0.308. The summed E-state index contributed by atoms with van der Waals surface area (Å²) in [6, 6.07) is 7.88. The minimum Gasteiger partial charge on any atom is -0.616 e. The SMILES string of the molecule is CCc1ccc(-c2oc(C)c(C)[n+]2[O-])cc1.Cl. The molecule has 0 saturated heterocycles. The summed E-state index contributed by atoms with van der Waals surface area (Å²) in [5.41, 5.74) is 2.69. The highest BCUT2D eigenvalue weighted by Crippen LogP contribution is 2.20. The van der Waals surface area contributed by atoms with Crippen LogP contribution in [0.3, 0.4) is 0 Å². The van der Waals surface area contributed by atoms with Crippen LogP contribution in [0.5, 0.6) is 0 Å². The average molecular weight is 254 g/mol. The van der Waals surface area contributed by atoms with Gasteiger partial charge in [0, 0.05) is 13.8 Å². The van der Waals surface area contributed by atoms with Gasteiger partial charge in [-0.15, -0.1) is 17.1 Å². The number of nitrogens with zero attached hydrogens (tertiary/aromatic N) is 1. The van der Waals surface area contributed by atoms with Gasteiger partial charge in [-0.1, -0.05) is 19.1 Å². The number of oxazole rings is 1. The molecule has 0 aliphatic rings. The van der Waals surface area contributed by atoms with E-state index < -0.39 is 0 Å². The lowest BCUT2D eigenvalue weighted by atomic mass is 10.1. The van der Waals surface area contributed by atoms with E-state index in [2.05, 4.69) is 6.92 Å². The molecule has 0 saturated carbocycles. The van der Waals surface area contributed by atoms with Crippen LogP contribution in [0.15, 0.2) is 28.7 Å². The second-order valence-corrected chi connectivity index (χ2v) is 3.89. The van der Waals surface area contributed by atoms with Crippen molar-refractivity contribution < 1.29 is 9.15 Å². The maximum Gasteiger partial charge on any atom is 0.392 e. The van der Waals surface area contributed by atoms with Crippen molar-refractivity contribution in [1.82, 2.24) is 0 Å². The standard InChI is InChI=1S/C13H15NO2.ClH/c1-4-11-5-7-12(8-6-11)13-14(15)9(2)10(3)16-13;/h5-8H,4H2,1-3H3;1H. The van der Waals surface area contributed by atoms with E-state index in [0.29, 0.717) is 17.3 Å². The molecule has 0 spiro atoms. The molecule has 0 radical (unpaired) electrons. The first kappa shape index (κ1) is 13.6. The van der Waals surface area contributed by atoms with Gasteiger partial charge < -0.3 is 9.62 Å². The first-order valence-corrected chi connectivity index (χ1v) is 5.42. The molecular weight excluding hydrogens is 238 g/mol. The predicted octanol–water partition coefficient (Wildman–Crippen LogP) is 3.18. The lowest BCUT2D eigenvalue weighted by molar-refractivity contribution is -0.602. The van der Waals surface area contributed by atoms with Gasteiger partial charge in [-0.25, -0.2) is 0 Å². The van der Waals surface area contributed by atoms with E-state index in [1.54, 1.807) is 13.8 Å². The smallest absolute Gasteiger partial charge is 0.392 e. The fourth-order valence-corrected chi connectivity index (χ4v) is 1.61. The zero-order valence-electron chi connectivity index (χ0n) is 10.2. The first-order valence-electron chi connectivity index (χ1n) is 5.42. The van der Waals surface area contributed by atoms with Crippen molar-refractivity contribution >= 4 is 12.4 Å². The largest absolute Gasteiger partial charge is 0.616 e. The monoisotopic (exact) mass is 253 g/mol. The van der Waals surface area contributed by atoms with Gasteiger partial charge in [0.2, 0.25) is 5.69 Å². The van der Waals surface area contributed by atoms with Crippen LogP contribution in [0.2, 0.25) is 0 Å². The molecule has 1 heterocycles. The van der Waals surface area contributed by atoms with E-state index in [1.807, 2.05) is 24.3 Å². The highest BCUT2D eigenvalue weighted by atomic mass is 35.5. The van der Waals surface area contributed by atoms with E-state index in [9.17, 15) is 5.21 Å². The lowest BCUT2D eigenvalue weighted by Crippen LogP contribution is -2.29. The van der Waals surface area contributed by atoms with Gasteiger partial charge in [0.05, 0.1) is 5.56 Å². The number of aryl methyl sites for hydroxylation is 2. The fourth-order valence-electron chi connectivity index (χ4n) is 1.61. The van der Waals surface area contributed by atoms with Crippen molar-refractivity contribution in [2.75, 3.05) is 0 Å². The van der Waals surface area contributed by atoms with Crippen LogP contribution >= 0.6 is 12.4 Å². The summed E-state index contributed by atoms with van der Waals surface area (Å²) >= 11 is 0. The Kier molecular flexibility index (Phi) is 4.18. The second kappa shape index (κ2) is 5.23. The summed E-state index contributed by atoms with van der Waals surface area (Å²) in [6.07, 6.45) is 0.994. The van der Waals surface area contributed by atoms with Gasteiger partial charge in [-0.2, -0.15) is 0 Å². The molecule has 1 aromatic heterocycles. The highest BCUT2D eigenvalue weighted by molar-refractivity contribution is 5.85. The Morgan fingerprint density at radius 2 is 1.76 bits per heavy atom. The molecule has 0 bridgehead atoms. The molecule has 4 heteroatoms. The van der Waals surface area contributed by atoms with Gasteiger partial charge >= 0.3 is 5.89 Å². The maximum atomic E-state index is 11.8. The first-order chi connectivity index (χ1) is 7.63. The third-order valence-electron chi connectivity index (χ3n) is 2.86. The van der Waals surface area contributed by atoms with Crippen LogP contribution in [0.25, 0.3) is 11.5 Å². The summed E-state index contributed by atoms with van der Waals surface area (Å²) in [6.45, 7) is 5.66. The molecule has 1 aromatic carbocycles. The number of hydrogen-bond donors (Lipinski definition) is 0. The quantitative estimate of drug-likeness (QED) is 0.609. The zero-order chi connectivity index (χ0) is 11.7. The van der Waals surface area contributed by atoms with Gasteiger partial charge in [0.25, 0.3) is 0 Å². The molecule has 0 aliphatic carbocycles. The molecular formula is C13H16ClNO2. The number of rotatable bonds is 2. The number of benzene rings is 1. The maximum absolute atomic E-state index is 11.8. The van der Waals surface area contributed by atoms with Crippen molar-refractivity contribution in [2.24, 2.45) is 0 Å². The van der Waals surface area contributed by atoms with E-state index >= 15 is 0 Å². The van der Waals surface area contributed by atoms with Crippen LogP contribution in [0.4, 0.5) is 0 Å². The Morgan fingerprint density at radius 3 is 2.18 bits per heavy atom. The minimum atomic E-state index is 0. The summed E-state index contributed by atoms with van der Waals surface area (Å²) in [5, 5.41) is 11.8. The lowest BCUT2D eigenvalue weighted by Gasteiger charge is -1.99. The molecule has 0 atom stereocenters. The average Bonchev–Trinajstić information content (AvgIpc) is 2.57. The Bertz CT molecular complexity index is 503. The number of aromatic nitrogens is 1. The van der Waals surface area contributed by atoms with E-state index in [0.717, 1.165) is 16.7 Å². The van der Waals surface area contributed by atoms with Crippen LogP contribution in [0.1, 0.15) is 23.9 Å². The Labute approximate surface area is 107 Å². The Hall–Kier alpha value is -1.48. The molecule has 0 aliphatic heterocycles. The molecule has 0 amide bonds. The van der Waals surface area contributed by atoms with Crippen LogP contribution < -0.4 is 4.73 Å². The Morgan fingerprint density at radius 1 is 1.18 bits per heavy atom. The summed E-state index contributed by atoms with van der Waals surface area (Å²) in [5.74, 6) is 1.04. The van der Waals surface area contributed by atoms with Crippen molar-refractivity contribution in [1.29, 1.82) is 0 Å². The summed E-state index contributed by atoms with van der Waals surface area (Å²) < 4.78 is 6.30. The molecule has 0 fully saturated rings. The third kappa shape index (κ3) is 2.44. The topological polar surface area (TPSA) is 40.1 Å². The molecule has 2 aromatic rings. The third-order valence-corrected chi connectivity index (χ3v) is 2.86. The molecule has 17 heavy (non-hydrogen) atoms. The molecule has 92 valence electrons. The van der Waals surface area contributed by atoms with Gasteiger partial charge in [0.15, 0.2) is 5.76 Å². The number of hydrogen-bond acceptors (Lipinski definition) is 2. The molecule has 3 nitrogen and oxygen atoms in total. The molecule has 0 unspecified atom stereocenters. The minimum absolute atomic E-state index is 0. The van der Waals surface area contributed by atoms with E-state index in [4.69, 9.17) is 4.42 Å². The van der Waals surface area contributed by atoms with Crippen LogP contribution in [-0.4, -0.2) is 0 Å². The van der Waals surface area contributed by atoms with E-state index in [-0.39, 0.29) is 12.4 Å². The van der Waals surface area contributed by atoms with Gasteiger partial charge in [0.1, 0.15) is 0 Å². The van der Waals surface area contributed by atoms with Gasteiger partial charge in [-0.05, 0) is 24.1 Å². The van der Waals surface area contributed by atoms with Crippen molar-refractivity contribution in [3.8, 4) is 11.5 Å². The Balaban J connectivity index is 0.00000144. The van der Waals surface area contributed by atoms with Crippen molar-refractivity contribution in [3.05, 3.63) is 46.5 Å². The van der Waals surface area contributed by atoms with Crippen LogP contribution in [-0.2, 0) is 6.42 Å². The normalized spacial score (nSPS) is 10.1. The molecule has 0 N–H and O–H groups in total. The zero-order valence-corrected chi connectivity index (χ0v) is 11.0. The predicted molar refractivity (Wildman–Crippen MR) is 69.2 cm³/mol. The van der Waals surface area contributed by atoms with Crippen LogP contribution in [0, 0.1) is 19.1 Å². The second-order valence-electron chi connectivity index (χ2n) is 3.89. The van der Waals surface area contributed by atoms with Gasteiger partial charge in [-0.3, -0.25) is 0 Å².